The zero-order valence-corrected chi connectivity index (χ0v) is 20.5. The van der Waals surface area contributed by atoms with Crippen LogP contribution in [0.5, 0.6) is 0 Å². The van der Waals surface area contributed by atoms with E-state index in [1.54, 1.807) is 0 Å². The summed E-state index contributed by atoms with van der Waals surface area (Å²) in [7, 11) is -3.91. The average Bonchev–Trinajstić information content (AvgIpc) is 3.00. The minimum atomic E-state index is -3.91. The van der Waals surface area contributed by atoms with E-state index in [4.69, 9.17) is 5.14 Å². The van der Waals surface area contributed by atoms with Gasteiger partial charge in [-0.3, -0.25) is 14.4 Å². The van der Waals surface area contributed by atoms with Crippen LogP contribution in [0, 0.1) is 16.7 Å². The van der Waals surface area contributed by atoms with Gasteiger partial charge in [-0.2, -0.15) is 0 Å². The third-order valence-electron chi connectivity index (χ3n) is 7.67. The van der Waals surface area contributed by atoms with E-state index in [9.17, 15) is 22.8 Å². The van der Waals surface area contributed by atoms with Gasteiger partial charge >= 0.3 is 0 Å². The number of benzene rings is 2. The van der Waals surface area contributed by atoms with Crippen molar-refractivity contribution in [2.24, 2.45) is 21.9 Å². The highest BCUT2D eigenvalue weighted by atomic mass is 32.2. The lowest BCUT2D eigenvalue weighted by atomic mass is 10.0. The molecule has 4 rings (SSSR count). The number of anilines is 1. The van der Waals surface area contributed by atoms with Gasteiger partial charge in [0.25, 0.3) is 5.91 Å². The molecule has 1 unspecified atom stereocenters. The topological polar surface area (TPSA) is 118 Å². The van der Waals surface area contributed by atoms with Crippen molar-refractivity contribution in [1.82, 2.24) is 4.90 Å². The van der Waals surface area contributed by atoms with E-state index in [-0.39, 0.29) is 46.2 Å². The quantitative estimate of drug-likeness (QED) is 0.634. The molecule has 0 radical (unpaired) electrons. The lowest BCUT2D eigenvalue weighted by Crippen LogP contribution is -2.46. The highest BCUT2D eigenvalue weighted by Gasteiger charge is 2.69. The molecule has 2 aromatic rings. The van der Waals surface area contributed by atoms with Crippen molar-refractivity contribution in [3.63, 3.8) is 0 Å². The zero-order valence-electron chi connectivity index (χ0n) is 19.7. The fourth-order valence-corrected chi connectivity index (χ4v) is 5.53. The standard InChI is InChI=1S/C25H29N3O5S/c1-24(2)21(25(24,3)4)23(31)27(15-16-8-6-5-7-9-16)19-14-20(29)28(22(19)30)17-10-12-18(13-11-17)34(26,32)33/h5-13,19,21H,14-15H2,1-4H3,(H2,26,32,33). The first-order valence-electron chi connectivity index (χ1n) is 11.1. The maximum atomic E-state index is 13.7. The molecule has 1 heterocycles. The lowest BCUT2D eigenvalue weighted by Gasteiger charge is -2.29. The molecule has 2 aliphatic rings. The van der Waals surface area contributed by atoms with E-state index in [1.165, 1.54) is 29.2 Å². The van der Waals surface area contributed by atoms with Gasteiger partial charge in [0.1, 0.15) is 6.04 Å². The van der Waals surface area contributed by atoms with E-state index in [2.05, 4.69) is 0 Å². The van der Waals surface area contributed by atoms with Gasteiger partial charge in [0, 0.05) is 12.5 Å². The van der Waals surface area contributed by atoms with Gasteiger partial charge in [0.15, 0.2) is 0 Å². The zero-order chi connectivity index (χ0) is 25.1. The Morgan fingerprint density at radius 2 is 1.56 bits per heavy atom. The van der Waals surface area contributed by atoms with Gasteiger partial charge in [-0.15, -0.1) is 0 Å². The molecule has 2 N–H and O–H groups in total. The maximum absolute atomic E-state index is 13.7. The fourth-order valence-electron chi connectivity index (χ4n) is 5.02. The average molecular weight is 484 g/mol. The minimum absolute atomic E-state index is 0.119. The number of carbonyl (C=O) groups is 3. The third-order valence-corrected chi connectivity index (χ3v) is 8.60. The Kier molecular flexibility index (Phi) is 5.69. The molecule has 8 nitrogen and oxygen atoms in total. The number of sulfonamides is 1. The summed E-state index contributed by atoms with van der Waals surface area (Å²) in [5, 5.41) is 5.14. The van der Waals surface area contributed by atoms with Crippen LogP contribution >= 0.6 is 0 Å². The Morgan fingerprint density at radius 1 is 1.00 bits per heavy atom. The van der Waals surface area contributed by atoms with Crippen molar-refractivity contribution >= 4 is 33.4 Å². The number of rotatable bonds is 6. The maximum Gasteiger partial charge on any atom is 0.257 e. The SMILES string of the molecule is CC1(C)C(C(=O)N(Cc2ccccc2)C2CC(=O)N(c3ccc(S(N)(=O)=O)cc3)C2=O)C1(C)C. The highest BCUT2D eigenvalue weighted by Crippen LogP contribution is 2.69. The Bertz CT molecular complexity index is 1240. The number of hydrogen-bond acceptors (Lipinski definition) is 5. The van der Waals surface area contributed by atoms with Crippen LogP contribution in [0.25, 0.3) is 0 Å². The molecule has 34 heavy (non-hydrogen) atoms. The molecule has 3 amide bonds. The monoisotopic (exact) mass is 483 g/mol. The van der Waals surface area contributed by atoms with Gasteiger partial charge in [-0.25, -0.2) is 18.5 Å². The molecular formula is C25H29N3O5S. The van der Waals surface area contributed by atoms with Crippen molar-refractivity contribution in [2.45, 2.75) is 51.6 Å². The number of carbonyl (C=O) groups excluding carboxylic acids is 3. The molecule has 0 bridgehead atoms. The summed E-state index contributed by atoms with van der Waals surface area (Å²) >= 11 is 0. The van der Waals surface area contributed by atoms with Crippen LogP contribution in [0.2, 0.25) is 0 Å². The fraction of sp³-hybridized carbons (Fsp3) is 0.400. The molecule has 1 saturated carbocycles. The Balaban J connectivity index is 1.66. The van der Waals surface area contributed by atoms with Crippen molar-refractivity contribution < 1.29 is 22.8 Å². The first-order valence-corrected chi connectivity index (χ1v) is 12.7. The van der Waals surface area contributed by atoms with Crippen LogP contribution in [-0.2, 0) is 31.0 Å². The Morgan fingerprint density at radius 3 is 2.06 bits per heavy atom. The smallest absolute Gasteiger partial charge is 0.257 e. The Labute approximate surface area is 199 Å². The van der Waals surface area contributed by atoms with Crippen LogP contribution in [0.1, 0.15) is 39.7 Å². The van der Waals surface area contributed by atoms with Crippen LogP contribution in [0.4, 0.5) is 5.69 Å². The number of hydrogen-bond donors (Lipinski definition) is 1. The summed E-state index contributed by atoms with van der Waals surface area (Å²) in [6.07, 6.45) is -0.137. The second kappa shape index (κ2) is 8.02. The summed E-state index contributed by atoms with van der Waals surface area (Å²) in [6.45, 7) is 8.37. The number of imide groups is 1. The summed E-state index contributed by atoms with van der Waals surface area (Å²) in [6, 6.07) is 13.7. The van der Waals surface area contributed by atoms with Gasteiger partial charge in [0.2, 0.25) is 21.8 Å². The van der Waals surface area contributed by atoms with E-state index in [0.717, 1.165) is 10.5 Å². The van der Waals surface area contributed by atoms with Gasteiger partial charge in [-0.05, 0) is 40.7 Å². The molecule has 1 aliphatic carbocycles. The summed E-state index contributed by atoms with van der Waals surface area (Å²) in [5.74, 6) is -1.36. The highest BCUT2D eigenvalue weighted by molar-refractivity contribution is 7.89. The number of nitrogens with two attached hydrogens (primary N) is 1. The van der Waals surface area contributed by atoms with Gasteiger partial charge in [0.05, 0.1) is 17.0 Å². The van der Waals surface area contributed by atoms with E-state index >= 15 is 0 Å². The normalized spacial score (nSPS) is 21.6. The van der Waals surface area contributed by atoms with E-state index in [0.29, 0.717) is 0 Å². The van der Waals surface area contributed by atoms with Crippen molar-refractivity contribution in [2.75, 3.05) is 4.90 Å². The second-order valence-electron chi connectivity index (χ2n) is 10.2. The molecule has 180 valence electrons. The summed E-state index contributed by atoms with van der Waals surface area (Å²) in [5.41, 5.74) is 0.648. The molecule has 2 fully saturated rings. The van der Waals surface area contributed by atoms with Gasteiger partial charge in [-0.1, -0.05) is 58.0 Å². The number of nitrogens with zero attached hydrogens (tertiary/aromatic N) is 2. The Hall–Kier alpha value is -3.04. The van der Waals surface area contributed by atoms with Crippen LogP contribution in [0.15, 0.2) is 59.5 Å². The number of primary sulfonamides is 1. The molecule has 1 saturated heterocycles. The van der Waals surface area contributed by atoms with Crippen LogP contribution < -0.4 is 10.0 Å². The van der Waals surface area contributed by atoms with Gasteiger partial charge < -0.3 is 4.90 Å². The van der Waals surface area contributed by atoms with E-state index < -0.39 is 27.9 Å². The molecule has 0 aromatic heterocycles. The van der Waals surface area contributed by atoms with Crippen molar-refractivity contribution in [3.8, 4) is 0 Å². The van der Waals surface area contributed by atoms with Crippen LogP contribution in [-0.4, -0.2) is 37.1 Å². The second-order valence-corrected chi connectivity index (χ2v) is 11.7. The largest absolute Gasteiger partial charge is 0.325 e. The minimum Gasteiger partial charge on any atom is -0.325 e. The van der Waals surface area contributed by atoms with Crippen molar-refractivity contribution in [1.29, 1.82) is 0 Å². The molecule has 0 spiro atoms. The molecule has 9 heteroatoms. The van der Waals surface area contributed by atoms with E-state index in [1.807, 2.05) is 58.0 Å². The predicted octanol–water partition coefficient (Wildman–Crippen LogP) is 2.68. The molecule has 1 atom stereocenters. The van der Waals surface area contributed by atoms with Crippen LogP contribution in [0.3, 0.4) is 0 Å². The predicted molar refractivity (Wildman–Crippen MR) is 127 cm³/mol. The molecular weight excluding hydrogens is 454 g/mol. The third kappa shape index (κ3) is 3.92. The molecule has 2 aromatic carbocycles. The first kappa shape index (κ1) is 24.1. The first-order chi connectivity index (χ1) is 15.8. The molecule has 1 aliphatic heterocycles. The van der Waals surface area contributed by atoms with Crippen molar-refractivity contribution in [3.05, 3.63) is 60.2 Å². The summed E-state index contributed by atoms with van der Waals surface area (Å²) < 4.78 is 23.1. The number of amides is 3. The summed E-state index contributed by atoms with van der Waals surface area (Å²) in [4.78, 5) is 42.6. The lowest BCUT2D eigenvalue weighted by molar-refractivity contribution is -0.141.